The van der Waals surface area contributed by atoms with Gasteiger partial charge in [-0.15, -0.1) is 0 Å². The average molecular weight is 277 g/mol. The lowest BCUT2D eigenvalue weighted by atomic mass is 9.74. The summed E-state index contributed by atoms with van der Waals surface area (Å²) in [5, 5.41) is 9.76. The van der Waals surface area contributed by atoms with E-state index in [2.05, 4.69) is 30.0 Å². The quantitative estimate of drug-likeness (QED) is 0.822. The minimum atomic E-state index is 0.269. The number of hydrogen-bond acceptors (Lipinski definition) is 2. The van der Waals surface area contributed by atoms with Gasteiger partial charge in [-0.1, -0.05) is 30.7 Å². The lowest BCUT2D eigenvalue weighted by Gasteiger charge is -2.40. The van der Waals surface area contributed by atoms with E-state index in [4.69, 9.17) is 16.9 Å². The van der Waals surface area contributed by atoms with E-state index in [0.717, 1.165) is 43.9 Å². The number of rotatable bonds is 4. The van der Waals surface area contributed by atoms with Crippen LogP contribution in [0.2, 0.25) is 5.02 Å². The van der Waals surface area contributed by atoms with Crippen molar-refractivity contribution in [1.82, 2.24) is 4.90 Å². The van der Waals surface area contributed by atoms with Crippen molar-refractivity contribution in [3.05, 3.63) is 34.9 Å². The van der Waals surface area contributed by atoms with E-state index < -0.39 is 0 Å². The minimum absolute atomic E-state index is 0.269. The van der Waals surface area contributed by atoms with Crippen LogP contribution in [0.1, 0.15) is 38.2 Å². The fourth-order valence-corrected chi connectivity index (χ4v) is 2.98. The van der Waals surface area contributed by atoms with Crippen LogP contribution in [0, 0.1) is 16.7 Å². The molecule has 19 heavy (non-hydrogen) atoms. The maximum Gasteiger partial charge on any atom is 0.0627 e. The SMILES string of the molecule is CCC1(CC#N)CCN(Cc2ccc(Cl)cc2)CC1. The molecule has 0 N–H and O–H groups in total. The molecule has 1 aliphatic rings. The van der Waals surface area contributed by atoms with Crippen LogP contribution in [0.3, 0.4) is 0 Å². The Labute approximate surface area is 121 Å². The molecule has 0 aliphatic carbocycles. The third-order valence-corrected chi connectivity index (χ3v) is 4.69. The van der Waals surface area contributed by atoms with Gasteiger partial charge in [-0.3, -0.25) is 4.90 Å². The number of halogens is 1. The van der Waals surface area contributed by atoms with Crippen LogP contribution in [0.25, 0.3) is 0 Å². The van der Waals surface area contributed by atoms with Crippen LogP contribution in [0.4, 0.5) is 0 Å². The van der Waals surface area contributed by atoms with Crippen molar-refractivity contribution in [2.75, 3.05) is 13.1 Å². The lowest BCUT2D eigenvalue weighted by molar-refractivity contribution is 0.0980. The first-order valence-corrected chi connectivity index (χ1v) is 7.39. The zero-order valence-electron chi connectivity index (χ0n) is 11.5. The molecule has 1 saturated heterocycles. The zero-order chi connectivity index (χ0) is 13.7. The highest BCUT2D eigenvalue weighted by Crippen LogP contribution is 2.38. The topological polar surface area (TPSA) is 27.0 Å². The Balaban J connectivity index is 1.90. The van der Waals surface area contributed by atoms with Gasteiger partial charge in [-0.2, -0.15) is 5.26 Å². The molecule has 0 unspecified atom stereocenters. The molecule has 0 spiro atoms. The maximum absolute atomic E-state index is 8.97. The maximum atomic E-state index is 8.97. The van der Waals surface area contributed by atoms with Crippen LogP contribution in [0.15, 0.2) is 24.3 Å². The van der Waals surface area contributed by atoms with Crippen molar-refractivity contribution in [2.45, 2.75) is 39.2 Å². The van der Waals surface area contributed by atoms with E-state index in [1.807, 2.05) is 12.1 Å². The van der Waals surface area contributed by atoms with Gasteiger partial charge in [-0.25, -0.2) is 0 Å². The molecule has 0 aromatic heterocycles. The summed E-state index contributed by atoms with van der Waals surface area (Å²) < 4.78 is 0. The molecule has 3 heteroatoms. The van der Waals surface area contributed by atoms with Gasteiger partial charge >= 0.3 is 0 Å². The van der Waals surface area contributed by atoms with Gasteiger partial charge in [0.2, 0.25) is 0 Å². The van der Waals surface area contributed by atoms with Crippen LogP contribution in [0.5, 0.6) is 0 Å². The predicted molar refractivity (Wildman–Crippen MR) is 78.9 cm³/mol. The highest BCUT2D eigenvalue weighted by molar-refractivity contribution is 6.30. The molecule has 0 saturated carbocycles. The molecular formula is C16H21ClN2. The first kappa shape index (κ1) is 14.4. The van der Waals surface area contributed by atoms with E-state index in [9.17, 15) is 0 Å². The summed E-state index contributed by atoms with van der Waals surface area (Å²) in [6, 6.07) is 10.5. The van der Waals surface area contributed by atoms with E-state index in [-0.39, 0.29) is 5.41 Å². The molecule has 0 radical (unpaired) electrons. The monoisotopic (exact) mass is 276 g/mol. The van der Waals surface area contributed by atoms with Gasteiger partial charge in [0.15, 0.2) is 0 Å². The predicted octanol–water partition coefficient (Wildman–Crippen LogP) is 4.25. The Morgan fingerprint density at radius 1 is 1.26 bits per heavy atom. The average Bonchev–Trinajstić information content (AvgIpc) is 2.44. The summed E-state index contributed by atoms with van der Waals surface area (Å²) in [4.78, 5) is 2.48. The smallest absolute Gasteiger partial charge is 0.0627 e. The summed E-state index contributed by atoms with van der Waals surface area (Å²) in [5.74, 6) is 0. The molecule has 2 rings (SSSR count). The Kier molecular flexibility index (Phi) is 4.85. The molecule has 1 fully saturated rings. The second-order valence-corrected chi connectivity index (χ2v) is 6.03. The highest BCUT2D eigenvalue weighted by Gasteiger charge is 2.32. The van der Waals surface area contributed by atoms with E-state index >= 15 is 0 Å². The van der Waals surface area contributed by atoms with Crippen molar-refractivity contribution < 1.29 is 0 Å². The Morgan fingerprint density at radius 3 is 2.42 bits per heavy atom. The third kappa shape index (κ3) is 3.72. The van der Waals surface area contributed by atoms with Crippen LogP contribution >= 0.6 is 11.6 Å². The lowest BCUT2D eigenvalue weighted by Crippen LogP contribution is -2.39. The molecular weight excluding hydrogens is 256 g/mol. The molecule has 0 atom stereocenters. The first-order chi connectivity index (χ1) is 9.17. The number of nitrogens with zero attached hydrogens (tertiary/aromatic N) is 2. The molecule has 1 aromatic rings. The van der Waals surface area contributed by atoms with Crippen molar-refractivity contribution in [2.24, 2.45) is 5.41 Å². The van der Waals surface area contributed by atoms with E-state index in [0.29, 0.717) is 6.42 Å². The van der Waals surface area contributed by atoms with Gasteiger partial charge in [0.1, 0.15) is 0 Å². The van der Waals surface area contributed by atoms with Crippen molar-refractivity contribution in [1.29, 1.82) is 5.26 Å². The third-order valence-electron chi connectivity index (χ3n) is 4.44. The Bertz CT molecular complexity index is 439. The van der Waals surface area contributed by atoms with Gasteiger partial charge < -0.3 is 0 Å². The van der Waals surface area contributed by atoms with Gasteiger partial charge in [-0.05, 0) is 55.5 Å². The normalized spacial score (nSPS) is 19.0. The summed E-state index contributed by atoms with van der Waals surface area (Å²) in [5.41, 5.74) is 1.58. The van der Waals surface area contributed by atoms with E-state index in [1.54, 1.807) is 0 Å². The largest absolute Gasteiger partial charge is 0.299 e. The van der Waals surface area contributed by atoms with Gasteiger partial charge in [0, 0.05) is 18.0 Å². The van der Waals surface area contributed by atoms with E-state index in [1.165, 1.54) is 5.56 Å². The van der Waals surface area contributed by atoms with Crippen LogP contribution in [-0.4, -0.2) is 18.0 Å². The number of hydrogen-bond donors (Lipinski definition) is 0. The molecule has 1 aromatic carbocycles. The zero-order valence-corrected chi connectivity index (χ0v) is 12.3. The number of benzene rings is 1. The summed E-state index contributed by atoms with van der Waals surface area (Å²) in [6.45, 7) is 5.39. The summed E-state index contributed by atoms with van der Waals surface area (Å²) >= 11 is 5.90. The molecule has 102 valence electrons. The Hall–Kier alpha value is -1.04. The molecule has 2 nitrogen and oxygen atoms in total. The van der Waals surface area contributed by atoms with Crippen LogP contribution < -0.4 is 0 Å². The number of nitriles is 1. The molecule has 0 bridgehead atoms. The number of piperidine rings is 1. The standard InChI is InChI=1S/C16H21ClN2/c1-2-16(7-10-18)8-11-19(12-9-16)13-14-3-5-15(17)6-4-14/h3-6H,2,7-9,11-13H2,1H3. The van der Waals surface area contributed by atoms with Crippen molar-refractivity contribution in [3.63, 3.8) is 0 Å². The number of likely N-dealkylation sites (tertiary alicyclic amines) is 1. The fourth-order valence-electron chi connectivity index (χ4n) is 2.86. The van der Waals surface area contributed by atoms with Gasteiger partial charge in [0.05, 0.1) is 6.07 Å². The molecule has 1 aliphatic heterocycles. The highest BCUT2D eigenvalue weighted by atomic mass is 35.5. The molecule has 0 amide bonds. The summed E-state index contributed by atoms with van der Waals surface area (Å²) in [6.07, 6.45) is 4.11. The van der Waals surface area contributed by atoms with Crippen molar-refractivity contribution >= 4 is 11.6 Å². The summed E-state index contributed by atoms with van der Waals surface area (Å²) in [7, 11) is 0. The first-order valence-electron chi connectivity index (χ1n) is 7.01. The van der Waals surface area contributed by atoms with Crippen LogP contribution in [-0.2, 0) is 6.54 Å². The van der Waals surface area contributed by atoms with Gasteiger partial charge in [0.25, 0.3) is 0 Å². The molecule has 1 heterocycles. The Morgan fingerprint density at radius 2 is 1.89 bits per heavy atom. The van der Waals surface area contributed by atoms with Crippen molar-refractivity contribution in [3.8, 4) is 6.07 Å². The fraction of sp³-hybridized carbons (Fsp3) is 0.562. The second-order valence-electron chi connectivity index (χ2n) is 5.59. The second kappa shape index (κ2) is 6.41. The minimum Gasteiger partial charge on any atom is -0.299 e.